The number of alkyl halides is 9. The van der Waals surface area contributed by atoms with Gasteiger partial charge in [0, 0.05) is 63.3 Å². The molecule has 2 nitrogen and oxygen atoms in total. The number of carbonyl (C=O) groups excluding carboxylic acids is 1. The predicted molar refractivity (Wildman–Crippen MR) is 214 cm³/mol. The van der Waals surface area contributed by atoms with Crippen molar-refractivity contribution in [2.75, 3.05) is 11.9 Å². The van der Waals surface area contributed by atoms with Crippen LogP contribution < -0.4 is 10.1 Å². The van der Waals surface area contributed by atoms with Gasteiger partial charge in [-0.1, -0.05) is 143 Å². The van der Waals surface area contributed by atoms with Crippen LogP contribution >= 0.6 is 0 Å². The van der Waals surface area contributed by atoms with Crippen molar-refractivity contribution in [3.05, 3.63) is 24.3 Å². The predicted octanol–water partition coefficient (Wildman–Crippen LogP) is 10.5. The maximum absolute atomic E-state index is 15.0. The monoisotopic (exact) mass is 843 g/mol. The molecule has 50 heavy (non-hydrogen) atoms. The van der Waals surface area contributed by atoms with E-state index in [9.17, 15) is 44.3 Å². The van der Waals surface area contributed by atoms with E-state index in [-0.39, 0.29) is 10.6 Å². The number of carbonyl (C=O) groups is 1. The lowest BCUT2D eigenvalue weighted by atomic mass is 9.94. The van der Waals surface area contributed by atoms with Crippen LogP contribution in [-0.4, -0.2) is 95.6 Å². The summed E-state index contributed by atoms with van der Waals surface area (Å²) in [6.45, 7) is 29.2. The average Bonchev–Trinajstić information content (AvgIpc) is 2.91. The first-order chi connectivity index (χ1) is 22.2. The molecule has 2 atom stereocenters. The summed E-state index contributed by atoms with van der Waals surface area (Å²) in [5.41, 5.74) is -1.08. The second-order valence-electron chi connectivity index (χ2n) is 18.3. The first kappa shape index (κ1) is 47.6. The zero-order chi connectivity index (χ0) is 39.5. The Balaban J connectivity index is 3.32. The van der Waals surface area contributed by atoms with Crippen molar-refractivity contribution in [3.8, 4) is 0 Å². The molecular formula is C32H62F9NOSi7. The molecule has 0 heterocycles. The van der Waals surface area contributed by atoms with E-state index in [0.717, 1.165) is 18.2 Å². The Morgan fingerprint density at radius 2 is 1.10 bits per heavy atom. The summed E-state index contributed by atoms with van der Waals surface area (Å²) in [4.78, 5) is 12.6. The second kappa shape index (κ2) is 16.9. The van der Waals surface area contributed by atoms with Crippen molar-refractivity contribution in [1.29, 1.82) is 0 Å². The maximum Gasteiger partial charge on any atom is 0.457 e. The molecule has 0 bridgehead atoms. The Morgan fingerprint density at radius 3 is 1.52 bits per heavy atom. The van der Waals surface area contributed by atoms with E-state index in [4.69, 9.17) is 0 Å². The van der Waals surface area contributed by atoms with Crippen LogP contribution in [0, 0.1) is 0 Å². The molecule has 1 aromatic rings. The first-order valence-electron chi connectivity index (χ1n) is 17.7. The summed E-state index contributed by atoms with van der Waals surface area (Å²) in [7, 11) is -8.46. The molecular weight excluding hydrogens is 782 g/mol. The van der Waals surface area contributed by atoms with Gasteiger partial charge in [0.1, 0.15) is 0 Å². The lowest BCUT2D eigenvalue weighted by Gasteiger charge is -2.40. The Morgan fingerprint density at radius 1 is 0.660 bits per heavy atom. The fourth-order valence-corrected chi connectivity index (χ4v) is 60.5. The van der Waals surface area contributed by atoms with E-state index >= 15 is 0 Å². The number of nitrogens with zero attached hydrogens (tertiary/aromatic N) is 1. The number of halogens is 9. The molecule has 0 aliphatic rings. The number of benzene rings is 1. The number of rotatable bonds is 18. The summed E-state index contributed by atoms with van der Waals surface area (Å²) in [5.74, 6) is -10.0. The second-order valence-corrected chi connectivity index (χ2v) is 50.9. The minimum absolute atomic E-state index is 0.0761. The minimum atomic E-state index is -7.01. The number of amides is 1. The molecule has 1 rings (SSSR count). The summed E-state index contributed by atoms with van der Waals surface area (Å²) >= 11 is 0. The van der Waals surface area contributed by atoms with Crippen molar-refractivity contribution in [1.82, 2.24) is 0 Å². The highest BCUT2D eigenvalue weighted by Crippen LogP contribution is 2.53. The quantitative estimate of drug-likeness (QED) is 0.107. The lowest BCUT2D eigenvalue weighted by molar-refractivity contribution is -0.370. The minimum Gasteiger partial charge on any atom is -0.312 e. The van der Waals surface area contributed by atoms with E-state index in [0.29, 0.717) is 12.2 Å². The van der Waals surface area contributed by atoms with Crippen molar-refractivity contribution >= 4 is 75.5 Å². The molecule has 0 aromatic heterocycles. The van der Waals surface area contributed by atoms with E-state index < -0.39 is 88.5 Å². The van der Waals surface area contributed by atoms with Crippen molar-refractivity contribution in [2.45, 2.75) is 149 Å². The van der Waals surface area contributed by atoms with Crippen molar-refractivity contribution in [2.24, 2.45) is 0 Å². The van der Waals surface area contributed by atoms with E-state index in [2.05, 4.69) is 78.6 Å². The zero-order valence-electron chi connectivity index (χ0n) is 32.5. The Hall–Kier alpha value is -0.422. The van der Waals surface area contributed by atoms with Gasteiger partial charge >= 0.3 is 23.9 Å². The van der Waals surface area contributed by atoms with Crippen LogP contribution in [-0.2, 0) is 4.79 Å². The first-order valence-corrected chi connectivity index (χ1v) is 40.0. The summed E-state index contributed by atoms with van der Waals surface area (Å²) in [6, 6.07) is 10.3. The van der Waals surface area contributed by atoms with Gasteiger partial charge in [0.15, 0.2) is 0 Å². The van der Waals surface area contributed by atoms with Gasteiger partial charge in [-0.2, -0.15) is 35.1 Å². The molecule has 292 valence electrons. The molecule has 0 spiro atoms. The van der Waals surface area contributed by atoms with Gasteiger partial charge < -0.3 is 4.90 Å². The van der Waals surface area contributed by atoms with Gasteiger partial charge in [-0.05, 0) is 12.1 Å². The highest BCUT2D eigenvalue weighted by atomic mass is 28.4. The zero-order valence-corrected chi connectivity index (χ0v) is 39.9. The van der Waals surface area contributed by atoms with Crippen LogP contribution in [0.5, 0.6) is 0 Å². The largest absolute Gasteiger partial charge is 0.457 e. The van der Waals surface area contributed by atoms with Crippen LogP contribution in [0.2, 0.25) is 125 Å². The fourth-order valence-electron chi connectivity index (χ4n) is 8.26. The van der Waals surface area contributed by atoms with Crippen LogP contribution in [0.1, 0.15) is 0 Å². The Kier molecular flexibility index (Phi) is 16.1. The third kappa shape index (κ3) is 12.3. The van der Waals surface area contributed by atoms with Crippen LogP contribution in [0.15, 0.2) is 24.3 Å². The summed E-state index contributed by atoms with van der Waals surface area (Å²) < 4.78 is 123. The molecule has 0 N–H and O–H groups in total. The van der Waals surface area contributed by atoms with Gasteiger partial charge in [0.25, 0.3) is 5.91 Å². The smallest absolute Gasteiger partial charge is 0.312 e. The van der Waals surface area contributed by atoms with Gasteiger partial charge in [-0.25, -0.2) is 4.39 Å². The fraction of sp³-hybridized carbons (Fsp3) is 0.781. The maximum atomic E-state index is 15.0. The average molecular weight is 844 g/mol. The summed E-state index contributed by atoms with van der Waals surface area (Å²) in [5, 5.41) is 0.700. The van der Waals surface area contributed by atoms with E-state index in [1.807, 2.05) is 0 Å². The molecule has 0 fully saturated rings. The topological polar surface area (TPSA) is 20.3 Å². The lowest BCUT2D eigenvalue weighted by Crippen LogP contribution is -2.69. The number of hydrogen-bond acceptors (Lipinski definition) is 1. The van der Waals surface area contributed by atoms with Gasteiger partial charge in [0.2, 0.25) is 0 Å². The van der Waals surface area contributed by atoms with E-state index in [1.165, 1.54) is 46.9 Å². The van der Waals surface area contributed by atoms with E-state index in [1.54, 1.807) is 6.07 Å². The molecule has 0 aliphatic carbocycles. The highest BCUT2D eigenvalue weighted by molar-refractivity contribution is 7.02. The number of anilines is 1. The summed E-state index contributed by atoms with van der Waals surface area (Å²) in [6.07, 6.45) is -13.8. The molecule has 0 saturated heterocycles. The number of hydrogen-bond donors (Lipinski definition) is 0. The van der Waals surface area contributed by atoms with Gasteiger partial charge in [-0.3, -0.25) is 4.79 Å². The van der Waals surface area contributed by atoms with Crippen LogP contribution in [0.25, 0.3) is 0 Å². The molecule has 1 aromatic carbocycles. The molecule has 1 amide bonds. The Labute approximate surface area is 304 Å². The molecule has 2 unspecified atom stereocenters. The van der Waals surface area contributed by atoms with Crippen molar-refractivity contribution in [3.63, 3.8) is 0 Å². The third-order valence-corrected chi connectivity index (χ3v) is 47.9. The van der Waals surface area contributed by atoms with Gasteiger partial charge in [0.05, 0.1) is 8.07 Å². The van der Waals surface area contributed by atoms with Crippen LogP contribution in [0.4, 0.5) is 45.2 Å². The van der Waals surface area contributed by atoms with Gasteiger partial charge in [-0.15, -0.1) is 0 Å². The molecule has 18 heteroatoms. The van der Waals surface area contributed by atoms with Crippen LogP contribution in [0.3, 0.4) is 0 Å². The standard InChI is InChI=1S/C32H62F9NOSi7/c1-42(28(43)29(33,31(36,37)38)30(34,35)32(39,40)41)26-15-14-16-27(21-26)48(10,11)18-17-47(8,9)25-50(13,24-46(6)7)20-19-49(12,22-44(2)3)23-45(4)5/h14-16,21,44-46H,17-20,22-25H2,1-13H3. The van der Waals surface area contributed by atoms with Crippen molar-refractivity contribution < 1.29 is 44.3 Å². The normalized spacial score (nSPS) is 16.6. The molecule has 0 aliphatic heterocycles. The molecule has 0 radical (unpaired) electrons. The molecule has 0 saturated carbocycles. The Bertz CT molecular complexity index is 1270. The SMILES string of the molecule is CN(C(=O)C(F)(C(F)(F)F)C(F)(F)C(F)(F)F)c1cccc([Si](C)(C)CC[Si](C)(C)C[Si](C)(CC[Si](C)(C[SiH](C)C)C[SiH](C)C)C[SiH](C)C)c1. The third-order valence-electron chi connectivity index (χ3n) is 10.2. The highest BCUT2D eigenvalue weighted by Gasteiger charge is 2.85.